The summed E-state index contributed by atoms with van der Waals surface area (Å²) in [5.41, 5.74) is 4.20. The van der Waals surface area contributed by atoms with Crippen molar-refractivity contribution in [3.63, 3.8) is 0 Å². The van der Waals surface area contributed by atoms with Crippen molar-refractivity contribution in [3.8, 4) is 11.1 Å². The van der Waals surface area contributed by atoms with E-state index in [1.54, 1.807) is 16.9 Å². The van der Waals surface area contributed by atoms with Gasteiger partial charge in [-0.1, -0.05) is 11.2 Å². The van der Waals surface area contributed by atoms with Crippen molar-refractivity contribution in [3.05, 3.63) is 53.4 Å². The minimum absolute atomic E-state index is 0.0109. The van der Waals surface area contributed by atoms with Crippen molar-refractivity contribution < 1.29 is 9.32 Å². The Labute approximate surface area is 151 Å². The van der Waals surface area contributed by atoms with Crippen LogP contribution in [0.3, 0.4) is 0 Å². The Balaban J connectivity index is 1.59. The molecule has 1 unspecified atom stereocenters. The first-order valence-corrected chi connectivity index (χ1v) is 8.74. The standard InChI is InChI=1S/C19H21N5O2/c1-12-18(13(2)26-22-12)14-6-7-15(20-11-14)17-5-4-9-24(17)19(25)16-8-10-23(3)21-16/h6-8,10-11,17H,4-5,9H2,1-3H3. The Morgan fingerprint density at radius 3 is 2.73 bits per heavy atom. The molecular formula is C19H21N5O2. The lowest BCUT2D eigenvalue weighted by molar-refractivity contribution is 0.0726. The molecule has 1 saturated heterocycles. The van der Waals surface area contributed by atoms with Crippen LogP contribution in [0.1, 0.15) is 46.5 Å². The van der Waals surface area contributed by atoms with Gasteiger partial charge >= 0.3 is 0 Å². The van der Waals surface area contributed by atoms with Crippen LogP contribution in [0.2, 0.25) is 0 Å². The molecule has 26 heavy (non-hydrogen) atoms. The van der Waals surface area contributed by atoms with E-state index in [9.17, 15) is 4.79 Å². The third-order valence-corrected chi connectivity index (χ3v) is 4.90. The Morgan fingerprint density at radius 1 is 1.27 bits per heavy atom. The summed E-state index contributed by atoms with van der Waals surface area (Å²) < 4.78 is 6.89. The van der Waals surface area contributed by atoms with Crippen molar-refractivity contribution >= 4 is 5.91 Å². The van der Waals surface area contributed by atoms with E-state index in [0.717, 1.165) is 47.7 Å². The maximum atomic E-state index is 12.8. The van der Waals surface area contributed by atoms with E-state index in [1.807, 2.05) is 44.1 Å². The van der Waals surface area contributed by atoms with Crippen molar-refractivity contribution in [2.75, 3.05) is 6.54 Å². The molecule has 1 aliphatic heterocycles. The van der Waals surface area contributed by atoms with Gasteiger partial charge in [-0.15, -0.1) is 0 Å². The fourth-order valence-corrected chi connectivity index (χ4v) is 3.64. The minimum Gasteiger partial charge on any atom is -0.361 e. The van der Waals surface area contributed by atoms with Crippen LogP contribution >= 0.6 is 0 Å². The summed E-state index contributed by atoms with van der Waals surface area (Å²) in [6.07, 6.45) is 5.51. The highest BCUT2D eigenvalue weighted by Gasteiger charge is 2.32. The zero-order valence-electron chi connectivity index (χ0n) is 15.1. The van der Waals surface area contributed by atoms with Gasteiger partial charge in [0.25, 0.3) is 5.91 Å². The second-order valence-corrected chi connectivity index (χ2v) is 6.70. The van der Waals surface area contributed by atoms with Crippen molar-refractivity contribution in [2.24, 2.45) is 7.05 Å². The van der Waals surface area contributed by atoms with Gasteiger partial charge < -0.3 is 9.42 Å². The van der Waals surface area contributed by atoms with E-state index in [2.05, 4.69) is 15.2 Å². The molecular weight excluding hydrogens is 330 g/mol. The van der Waals surface area contributed by atoms with E-state index < -0.39 is 0 Å². The topological polar surface area (TPSA) is 77.0 Å². The predicted molar refractivity (Wildman–Crippen MR) is 95.4 cm³/mol. The van der Waals surface area contributed by atoms with Gasteiger partial charge in [-0.3, -0.25) is 14.5 Å². The molecule has 7 heteroatoms. The Morgan fingerprint density at radius 2 is 2.12 bits per heavy atom. The second-order valence-electron chi connectivity index (χ2n) is 6.70. The van der Waals surface area contributed by atoms with Gasteiger partial charge in [0.15, 0.2) is 0 Å². The molecule has 1 fully saturated rings. The number of pyridine rings is 1. The van der Waals surface area contributed by atoms with Gasteiger partial charge in [0, 0.05) is 37.1 Å². The molecule has 4 heterocycles. The first kappa shape index (κ1) is 16.5. The van der Waals surface area contributed by atoms with Crippen LogP contribution in [0.15, 0.2) is 35.1 Å². The fourth-order valence-electron chi connectivity index (χ4n) is 3.64. The molecule has 0 spiro atoms. The monoisotopic (exact) mass is 351 g/mol. The van der Waals surface area contributed by atoms with Crippen molar-refractivity contribution in [2.45, 2.75) is 32.7 Å². The molecule has 7 nitrogen and oxygen atoms in total. The van der Waals surface area contributed by atoms with Gasteiger partial charge in [0.1, 0.15) is 11.5 Å². The van der Waals surface area contributed by atoms with Crippen LogP contribution in [-0.2, 0) is 7.05 Å². The molecule has 0 bridgehead atoms. The Bertz CT molecular complexity index is 922. The molecule has 4 rings (SSSR count). The van der Waals surface area contributed by atoms with E-state index >= 15 is 0 Å². The summed E-state index contributed by atoms with van der Waals surface area (Å²) >= 11 is 0. The minimum atomic E-state index is -0.0373. The number of aryl methyl sites for hydroxylation is 3. The van der Waals surface area contributed by atoms with Gasteiger partial charge in [-0.05, 0) is 38.8 Å². The van der Waals surface area contributed by atoms with E-state index in [1.165, 1.54) is 0 Å². The molecule has 0 N–H and O–H groups in total. The third kappa shape index (κ3) is 2.79. The normalized spacial score (nSPS) is 17.0. The summed E-state index contributed by atoms with van der Waals surface area (Å²) in [7, 11) is 1.81. The molecule has 0 saturated carbocycles. The van der Waals surface area contributed by atoms with Crippen LogP contribution in [0.5, 0.6) is 0 Å². The summed E-state index contributed by atoms with van der Waals surface area (Å²) in [5, 5.41) is 8.24. The number of rotatable bonds is 3. The average molecular weight is 351 g/mol. The number of likely N-dealkylation sites (tertiary alicyclic amines) is 1. The van der Waals surface area contributed by atoms with E-state index in [4.69, 9.17) is 4.52 Å². The number of amides is 1. The lowest BCUT2D eigenvalue weighted by atomic mass is 10.0. The van der Waals surface area contributed by atoms with Gasteiger partial charge in [0.2, 0.25) is 0 Å². The van der Waals surface area contributed by atoms with Crippen molar-refractivity contribution in [1.29, 1.82) is 0 Å². The molecule has 0 radical (unpaired) electrons. The predicted octanol–water partition coefficient (Wildman–Crippen LogP) is 3.06. The van der Waals surface area contributed by atoms with Crippen LogP contribution in [0, 0.1) is 13.8 Å². The number of nitrogens with zero attached hydrogens (tertiary/aromatic N) is 5. The SMILES string of the molecule is Cc1noc(C)c1-c1ccc(C2CCCN2C(=O)c2ccn(C)n2)nc1. The summed E-state index contributed by atoms with van der Waals surface area (Å²) in [4.78, 5) is 19.3. The molecule has 1 atom stereocenters. The quantitative estimate of drug-likeness (QED) is 0.725. The first-order chi connectivity index (χ1) is 12.5. The smallest absolute Gasteiger partial charge is 0.274 e. The van der Waals surface area contributed by atoms with Gasteiger partial charge in [0.05, 0.1) is 17.4 Å². The number of hydrogen-bond donors (Lipinski definition) is 0. The lowest BCUT2D eigenvalue weighted by Gasteiger charge is -2.23. The molecule has 0 aromatic carbocycles. The highest BCUT2D eigenvalue weighted by atomic mass is 16.5. The largest absolute Gasteiger partial charge is 0.361 e. The number of carbonyl (C=O) groups is 1. The average Bonchev–Trinajstić information content (AvgIpc) is 3.35. The van der Waals surface area contributed by atoms with Gasteiger partial charge in [-0.2, -0.15) is 5.10 Å². The van der Waals surface area contributed by atoms with Gasteiger partial charge in [-0.25, -0.2) is 0 Å². The van der Waals surface area contributed by atoms with E-state index in [-0.39, 0.29) is 11.9 Å². The fraction of sp³-hybridized carbons (Fsp3) is 0.368. The lowest BCUT2D eigenvalue weighted by Crippen LogP contribution is -2.31. The zero-order valence-corrected chi connectivity index (χ0v) is 15.1. The number of hydrogen-bond acceptors (Lipinski definition) is 5. The third-order valence-electron chi connectivity index (χ3n) is 4.90. The maximum Gasteiger partial charge on any atom is 0.274 e. The van der Waals surface area contributed by atoms with Crippen molar-refractivity contribution in [1.82, 2.24) is 24.8 Å². The molecule has 3 aromatic rings. The molecule has 3 aromatic heterocycles. The summed E-state index contributed by atoms with van der Waals surface area (Å²) in [5.74, 6) is 0.745. The van der Waals surface area contributed by atoms with Crippen LogP contribution in [-0.4, -0.2) is 37.3 Å². The van der Waals surface area contributed by atoms with Crippen LogP contribution in [0.4, 0.5) is 0 Å². The van der Waals surface area contributed by atoms with Crippen LogP contribution in [0.25, 0.3) is 11.1 Å². The van der Waals surface area contributed by atoms with E-state index in [0.29, 0.717) is 5.69 Å². The molecule has 0 aliphatic carbocycles. The number of aromatic nitrogens is 4. The second kappa shape index (κ2) is 6.40. The zero-order chi connectivity index (χ0) is 18.3. The molecule has 1 aliphatic rings. The Hall–Kier alpha value is -2.96. The number of carbonyl (C=O) groups excluding carboxylic acids is 1. The first-order valence-electron chi connectivity index (χ1n) is 8.74. The molecule has 1 amide bonds. The highest BCUT2D eigenvalue weighted by Crippen LogP contribution is 2.33. The molecule has 134 valence electrons. The summed E-state index contributed by atoms with van der Waals surface area (Å²) in [6, 6.07) is 5.77. The summed E-state index contributed by atoms with van der Waals surface area (Å²) in [6.45, 7) is 4.55. The maximum absolute atomic E-state index is 12.8. The van der Waals surface area contributed by atoms with Crippen LogP contribution < -0.4 is 0 Å². The highest BCUT2D eigenvalue weighted by molar-refractivity contribution is 5.92. The Kier molecular flexibility index (Phi) is 4.06.